The second-order valence-electron chi connectivity index (χ2n) is 4.19. The molecule has 2 N–H and O–H groups in total. The van der Waals surface area contributed by atoms with E-state index >= 15 is 0 Å². The van der Waals surface area contributed by atoms with Crippen molar-refractivity contribution in [2.45, 2.75) is 24.0 Å². The van der Waals surface area contributed by atoms with E-state index in [9.17, 15) is 26.0 Å². The average molecular weight is 315 g/mol. The van der Waals surface area contributed by atoms with Crippen molar-refractivity contribution in [3.05, 3.63) is 30.1 Å². The Bertz CT molecular complexity index is 542. The minimum Gasteiger partial charge on any atom is -0.395 e. The highest BCUT2D eigenvalue weighted by atomic mass is 32.2. The van der Waals surface area contributed by atoms with Gasteiger partial charge in [0.15, 0.2) is 0 Å². The molecule has 0 aliphatic rings. The minimum absolute atomic E-state index is 0.383. The first-order valence-electron chi connectivity index (χ1n) is 5.53. The van der Waals surface area contributed by atoms with Crippen molar-refractivity contribution in [1.29, 1.82) is 0 Å². The first-order chi connectivity index (χ1) is 9.08. The van der Waals surface area contributed by atoms with Crippen molar-refractivity contribution in [2.24, 2.45) is 5.92 Å². The highest BCUT2D eigenvalue weighted by Gasteiger charge is 2.42. The second-order valence-corrected chi connectivity index (χ2v) is 5.91. The maximum atomic E-state index is 12.7. The molecular formula is C11H13F4NO3S. The number of aliphatic hydroxyl groups is 1. The summed E-state index contributed by atoms with van der Waals surface area (Å²) in [5, 5.41) is 8.93. The fourth-order valence-corrected chi connectivity index (χ4v) is 2.71. The van der Waals surface area contributed by atoms with E-state index in [1.165, 1.54) is 0 Å². The molecule has 1 aromatic carbocycles. The van der Waals surface area contributed by atoms with Crippen LogP contribution in [0.15, 0.2) is 29.2 Å². The Kier molecular flexibility index (Phi) is 5.11. The molecule has 0 amide bonds. The number of sulfonamides is 1. The van der Waals surface area contributed by atoms with Crippen molar-refractivity contribution in [3.8, 4) is 0 Å². The lowest BCUT2D eigenvalue weighted by Gasteiger charge is -2.25. The Morgan fingerprint density at radius 3 is 2.15 bits per heavy atom. The van der Waals surface area contributed by atoms with Gasteiger partial charge < -0.3 is 5.11 Å². The van der Waals surface area contributed by atoms with E-state index in [0.717, 1.165) is 31.2 Å². The van der Waals surface area contributed by atoms with Crippen molar-refractivity contribution in [1.82, 2.24) is 4.72 Å². The Hall–Kier alpha value is -1.19. The molecule has 2 atom stereocenters. The smallest absolute Gasteiger partial charge is 0.393 e. The summed E-state index contributed by atoms with van der Waals surface area (Å²) < 4.78 is 75.7. The number of nitrogens with one attached hydrogen (secondary N) is 1. The van der Waals surface area contributed by atoms with E-state index < -0.39 is 40.6 Å². The van der Waals surface area contributed by atoms with E-state index in [0.29, 0.717) is 0 Å². The van der Waals surface area contributed by atoms with Gasteiger partial charge in [0.05, 0.1) is 23.5 Å². The molecule has 114 valence electrons. The largest absolute Gasteiger partial charge is 0.395 e. The SMILES string of the molecule is CC(C(CO)NS(=O)(=O)c1ccc(F)cc1)C(F)(F)F. The zero-order valence-electron chi connectivity index (χ0n) is 10.4. The molecule has 0 heterocycles. The van der Waals surface area contributed by atoms with Crippen molar-refractivity contribution in [3.63, 3.8) is 0 Å². The molecule has 4 nitrogen and oxygen atoms in total. The van der Waals surface area contributed by atoms with Crippen LogP contribution in [0, 0.1) is 11.7 Å². The molecule has 0 spiro atoms. The molecule has 0 fully saturated rings. The van der Waals surface area contributed by atoms with Crippen LogP contribution in [-0.4, -0.2) is 32.3 Å². The van der Waals surface area contributed by atoms with Gasteiger partial charge in [-0.1, -0.05) is 6.92 Å². The van der Waals surface area contributed by atoms with Gasteiger partial charge in [0, 0.05) is 0 Å². The molecule has 0 aromatic heterocycles. The zero-order valence-corrected chi connectivity index (χ0v) is 11.2. The van der Waals surface area contributed by atoms with Crippen LogP contribution < -0.4 is 4.72 Å². The molecule has 9 heteroatoms. The molecule has 20 heavy (non-hydrogen) atoms. The van der Waals surface area contributed by atoms with E-state index in [1.807, 2.05) is 0 Å². The van der Waals surface area contributed by atoms with Gasteiger partial charge in [0.1, 0.15) is 5.82 Å². The Labute approximate surface area is 113 Å². The second kappa shape index (κ2) is 6.06. The van der Waals surface area contributed by atoms with Crippen LogP contribution in [0.2, 0.25) is 0 Å². The molecular weight excluding hydrogens is 302 g/mol. The van der Waals surface area contributed by atoms with E-state index in [-0.39, 0.29) is 4.90 Å². The number of hydrogen-bond acceptors (Lipinski definition) is 3. The third-order valence-electron chi connectivity index (χ3n) is 2.75. The van der Waals surface area contributed by atoms with Gasteiger partial charge >= 0.3 is 6.18 Å². The summed E-state index contributed by atoms with van der Waals surface area (Å²) in [5.74, 6) is -2.74. The fraction of sp³-hybridized carbons (Fsp3) is 0.455. The maximum Gasteiger partial charge on any atom is 0.393 e. The quantitative estimate of drug-likeness (QED) is 0.812. The van der Waals surface area contributed by atoms with Gasteiger partial charge in [-0.25, -0.2) is 17.5 Å². The van der Waals surface area contributed by atoms with Gasteiger partial charge in [0.25, 0.3) is 0 Å². The van der Waals surface area contributed by atoms with Crippen molar-refractivity contribution >= 4 is 10.0 Å². The number of alkyl halides is 3. The predicted octanol–water partition coefficient (Wildman–Crippen LogP) is 1.66. The molecule has 0 saturated heterocycles. The maximum absolute atomic E-state index is 12.7. The number of hydrogen-bond donors (Lipinski definition) is 2. The first-order valence-corrected chi connectivity index (χ1v) is 7.01. The topological polar surface area (TPSA) is 66.4 Å². The predicted molar refractivity (Wildman–Crippen MR) is 62.8 cm³/mol. The number of benzene rings is 1. The molecule has 1 rings (SSSR count). The van der Waals surface area contributed by atoms with E-state index in [4.69, 9.17) is 5.11 Å². The monoisotopic (exact) mass is 315 g/mol. The molecule has 0 saturated carbocycles. The molecule has 0 aliphatic carbocycles. The lowest BCUT2D eigenvalue weighted by molar-refractivity contribution is -0.178. The van der Waals surface area contributed by atoms with Crippen LogP contribution in [0.25, 0.3) is 0 Å². The molecule has 0 radical (unpaired) electrons. The minimum atomic E-state index is -4.65. The first kappa shape index (κ1) is 16.9. The van der Waals surface area contributed by atoms with Gasteiger partial charge in [-0.05, 0) is 24.3 Å². The summed E-state index contributed by atoms with van der Waals surface area (Å²) in [6, 6.07) is 1.87. The fourth-order valence-electron chi connectivity index (χ4n) is 1.41. The molecule has 0 aliphatic heterocycles. The Morgan fingerprint density at radius 2 is 1.75 bits per heavy atom. The van der Waals surface area contributed by atoms with Crippen molar-refractivity contribution in [2.75, 3.05) is 6.61 Å². The van der Waals surface area contributed by atoms with Gasteiger partial charge in [0.2, 0.25) is 10.0 Å². The Morgan fingerprint density at radius 1 is 1.25 bits per heavy atom. The summed E-state index contributed by atoms with van der Waals surface area (Å²) in [7, 11) is -4.27. The van der Waals surface area contributed by atoms with E-state index in [1.54, 1.807) is 4.72 Å². The number of aliphatic hydroxyl groups excluding tert-OH is 1. The summed E-state index contributed by atoms with van der Waals surface area (Å²) >= 11 is 0. The van der Waals surface area contributed by atoms with Crippen molar-refractivity contribution < 1.29 is 31.1 Å². The number of rotatable bonds is 5. The number of halogens is 4. The van der Waals surface area contributed by atoms with E-state index in [2.05, 4.69) is 0 Å². The normalized spacial score (nSPS) is 15.9. The van der Waals surface area contributed by atoms with Crippen LogP contribution in [0.5, 0.6) is 0 Å². The summed E-state index contributed by atoms with van der Waals surface area (Å²) in [4.78, 5) is -0.383. The standard InChI is InChI=1S/C11H13F4NO3S/c1-7(11(13,14)15)10(6-17)16-20(18,19)9-4-2-8(12)3-5-9/h2-5,7,10,16-17H,6H2,1H3. The third kappa shape index (κ3) is 4.15. The lowest BCUT2D eigenvalue weighted by Crippen LogP contribution is -2.46. The van der Waals surface area contributed by atoms with Gasteiger partial charge in [-0.15, -0.1) is 0 Å². The van der Waals surface area contributed by atoms with Gasteiger partial charge in [-0.2, -0.15) is 13.2 Å². The highest BCUT2D eigenvalue weighted by Crippen LogP contribution is 2.29. The molecule has 0 bridgehead atoms. The van der Waals surface area contributed by atoms with Crippen LogP contribution in [0.1, 0.15) is 6.92 Å². The van der Waals surface area contributed by atoms with Crippen LogP contribution in [0.4, 0.5) is 17.6 Å². The zero-order chi connectivity index (χ0) is 15.6. The van der Waals surface area contributed by atoms with Gasteiger partial charge in [-0.3, -0.25) is 0 Å². The highest BCUT2D eigenvalue weighted by molar-refractivity contribution is 7.89. The Balaban J connectivity index is 2.96. The molecule has 2 unspecified atom stereocenters. The van der Waals surface area contributed by atoms with Crippen LogP contribution in [0.3, 0.4) is 0 Å². The molecule has 1 aromatic rings. The summed E-state index contributed by atoms with van der Waals surface area (Å²) in [6.45, 7) is -0.255. The van der Waals surface area contributed by atoms with Crippen LogP contribution >= 0.6 is 0 Å². The average Bonchev–Trinajstić information content (AvgIpc) is 2.34. The lowest BCUT2D eigenvalue weighted by atomic mass is 10.0. The summed E-state index contributed by atoms with van der Waals surface area (Å²) in [5.41, 5.74) is 0. The third-order valence-corrected chi connectivity index (χ3v) is 4.25. The summed E-state index contributed by atoms with van der Waals surface area (Å²) in [6.07, 6.45) is -4.65. The van der Waals surface area contributed by atoms with Crippen LogP contribution in [-0.2, 0) is 10.0 Å².